The lowest BCUT2D eigenvalue weighted by atomic mass is 10.2. The van der Waals surface area contributed by atoms with Gasteiger partial charge in [-0.2, -0.15) is 0 Å². The minimum atomic E-state index is -0.374. The van der Waals surface area contributed by atoms with E-state index >= 15 is 0 Å². The molecule has 0 saturated carbocycles. The zero-order valence-corrected chi connectivity index (χ0v) is 12.2. The summed E-state index contributed by atoms with van der Waals surface area (Å²) in [6.07, 6.45) is 1.60. The van der Waals surface area contributed by atoms with Crippen molar-refractivity contribution in [2.45, 2.75) is 13.0 Å². The number of pyridine rings is 1. The number of hydrogen-bond donors (Lipinski definition) is 1. The molecule has 0 spiro atoms. The fourth-order valence-corrected chi connectivity index (χ4v) is 2.45. The molecule has 1 unspecified atom stereocenters. The van der Waals surface area contributed by atoms with Crippen molar-refractivity contribution in [1.29, 1.82) is 0 Å². The Labute approximate surface area is 118 Å². The van der Waals surface area contributed by atoms with Crippen LogP contribution in [0.3, 0.4) is 0 Å². The molecule has 7 nitrogen and oxygen atoms in total. The molecule has 1 aliphatic rings. The van der Waals surface area contributed by atoms with Crippen LogP contribution in [0.4, 0.5) is 11.5 Å². The Bertz CT molecular complexity index is 494. The molecule has 1 saturated heterocycles. The van der Waals surface area contributed by atoms with Gasteiger partial charge in [-0.15, -0.1) is 0 Å². The van der Waals surface area contributed by atoms with E-state index in [0.717, 1.165) is 19.6 Å². The molecule has 2 heterocycles. The van der Waals surface area contributed by atoms with E-state index in [9.17, 15) is 10.1 Å². The van der Waals surface area contributed by atoms with Gasteiger partial charge < -0.3 is 10.2 Å². The SMILES string of the molecule is Cc1ccnc(NCC2CN(C)CCN2C)c1[N+](=O)[O-]. The van der Waals surface area contributed by atoms with Crippen LogP contribution in [0.2, 0.25) is 0 Å². The number of likely N-dealkylation sites (N-methyl/N-ethyl adjacent to an activating group) is 2. The second-order valence-electron chi connectivity index (χ2n) is 5.36. The third-order valence-corrected chi connectivity index (χ3v) is 3.79. The van der Waals surface area contributed by atoms with E-state index in [-0.39, 0.29) is 10.6 Å². The second-order valence-corrected chi connectivity index (χ2v) is 5.36. The highest BCUT2D eigenvalue weighted by molar-refractivity contribution is 5.59. The van der Waals surface area contributed by atoms with E-state index in [4.69, 9.17) is 0 Å². The highest BCUT2D eigenvalue weighted by atomic mass is 16.6. The lowest BCUT2D eigenvalue weighted by molar-refractivity contribution is -0.384. The fourth-order valence-electron chi connectivity index (χ4n) is 2.45. The van der Waals surface area contributed by atoms with Gasteiger partial charge in [0.15, 0.2) is 0 Å². The topological polar surface area (TPSA) is 74.5 Å². The average molecular weight is 279 g/mol. The van der Waals surface area contributed by atoms with Crippen molar-refractivity contribution in [3.63, 3.8) is 0 Å². The summed E-state index contributed by atoms with van der Waals surface area (Å²) in [5.74, 6) is 0.358. The van der Waals surface area contributed by atoms with Crippen molar-refractivity contribution in [1.82, 2.24) is 14.8 Å². The third kappa shape index (κ3) is 3.23. The molecule has 20 heavy (non-hydrogen) atoms. The molecule has 1 N–H and O–H groups in total. The lowest BCUT2D eigenvalue weighted by Gasteiger charge is -2.37. The lowest BCUT2D eigenvalue weighted by Crippen LogP contribution is -2.52. The van der Waals surface area contributed by atoms with Crippen molar-refractivity contribution in [2.24, 2.45) is 0 Å². The summed E-state index contributed by atoms with van der Waals surface area (Å²) >= 11 is 0. The van der Waals surface area contributed by atoms with Crippen LogP contribution < -0.4 is 5.32 Å². The van der Waals surface area contributed by atoms with Gasteiger partial charge in [0, 0.05) is 44.0 Å². The zero-order chi connectivity index (χ0) is 14.7. The summed E-state index contributed by atoms with van der Waals surface area (Å²) in [6.45, 7) is 5.38. The molecule has 1 fully saturated rings. The number of nitrogens with one attached hydrogen (secondary N) is 1. The molecular formula is C13H21N5O2. The van der Waals surface area contributed by atoms with Gasteiger partial charge in [-0.3, -0.25) is 15.0 Å². The summed E-state index contributed by atoms with van der Waals surface area (Å²) in [5.41, 5.74) is 0.695. The molecule has 0 aromatic carbocycles. The number of rotatable bonds is 4. The van der Waals surface area contributed by atoms with Crippen LogP contribution in [-0.2, 0) is 0 Å². The molecule has 1 aromatic rings. The third-order valence-electron chi connectivity index (χ3n) is 3.79. The minimum absolute atomic E-state index is 0.0688. The Balaban J connectivity index is 2.07. The maximum absolute atomic E-state index is 11.1. The molecule has 110 valence electrons. The first-order chi connectivity index (χ1) is 9.49. The van der Waals surface area contributed by atoms with E-state index in [1.165, 1.54) is 0 Å². The number of aromatic nitrogens is 1. The van der Waals surface area contributed by atoms with Crippen LogP contribution in [0.15, 0.2) is 12.3 Å². The molecule has 0 bridgehead atoms. The van der Waals surface area contributed by atoms with Crippen LogP contribution in [-0.4, -0.2) is 66.0 Å². The summed E-state index contributed by atoms with van der Waals surface area (Å²) < 4.78 is 0. The zero-order valence-electron chi connectivity index (χ0n) is 12.2. The van der Waals surface area contributed by atoms with Crippen molar-refractivity contribution < 1.29 is 4.92 Å². The summed E-state index contributed by atoms with van der Waals surface area (Å²) in [6, 6.07) is 1.99. The Kier molecular flexibility index (Phi) is 4.51. The van der Waals surface area contributed by atoms with Crippen LogP contribution in [0, 0.1) is 17.0 Å². The molecule has 0 amide bonds. The van der Waals surface area contributed by atoms with E-state index < -0.39 is 0 Å². The van der Waals surface area contributed by atoms with Gasteiger partial charge >= 0.3 is 5.69 Å². The minimum Gasteiger partial charge on any atom is -0.363 e. The predicted octanol–water partition coefficient (Wildman–Crippen LogP) is 0.956. The largest absolute Gasteiger partial charge is 0.363 e. The monoisotopic (exact) mass is 279 g/mol. The highest BCUT2D eigenvalue weighted by Crippen LogP contribution is 2.25. The van der Waals surface area contributed by atoms with Gasteiger partial charge in [0.05, 0.1) is 4.92 Å². The van der Waals surface area contributed by atoms with Gasteiger partial charge in [-0.25, -0.2) is 4.98 Å². The van der Waals surface area contributed by atoms with E-state index in [2.05, 4.69) is 34.2 Å². The maximum atomic E-state index is 11.1. The van der Waals surface area contributed by atoms with E-state index in [1.807, 2.05) is 0 Å². The smallest absolute Gasteiger partial charge is 0.314 e. The second kappa shape index (κ2) is 6.15. The summed E-state index contributed by atoms with van der Waals surface area (Å²) in [4.78, 5) is 19.4. The van der Waals surface area contributed by atoms with Gasteiger partial charge in [0.2, 0.25) is 5.82 Å². The van der Waals surface area contributed by atoms with Crippen molar-refractivity contribution in [3.8, 4) is 0 Å². The highest BCUT2D eigenvalue weighted by Gasteiger charge is 2.24. The number of piperazine rings is 1. The number of nitrogens with zero attached hydrogens (tertiary/aromatic N) is 4. The van der Waals surface area contributed by atoms with E-state index in [1.54, 1.807) is 19.2 Å². The number of hydrogen-bond acceptors (Lipinski definition) is 6. The number of nitro groups is 1. The molecule has 0 radical (unpaired) electrons. The number of aryl methyl sites for hydroxylation is 1. The average Bonchev–Trinajstić information content (AvgIpc) is 2.39. The Morgan fingerprint density at radius 1 is 1.50 bits per heavy atom. The van der Waals surface area contributed by atoms with Crippen molar-refractivity contribution in [2.75, 3.05) is 45.6 Å². The maximum Gasteiger partial charge on any atom is 0.314 e. The first-order valence-electron chi connectivity index (χ1n) is 6.71. The summed E-state index contributed by atoms with van der Waals surface area (Å²) in [5, 5.41) is 14.3. The van der Waals surface area contributed by atoms with Crippen LogP contribution in [0.5, 0.6) is 0 Å². The van der Waals surface area contributed by atoms with E-state index in [0.29, 0.717) is 24.0 Å². The Morgan fingerprint density at radius 3 is 2.95 bits per heavy atom. The standard InChI is InChI=1S/C13H21N5O2/c1-10-4-5-14-13(12(10)18(19)20)15-8-11-9-16(2)6-7-17(11)3/h4-5,11H,6-9H2,1-3H3,(H,14,15). The van der Waals surface area contributed by atoms with Crippen LogP contribution in [0.25, 0.3) is 0 Å². The molecule has 2 rings (SSSR count). The van der Waals surface area contributed by atoms with Gasteiger partial charge in [0.1, 0.15) is 0 Å². The Morgan fingerprint density at radius 2 is 2.25 bits per heavy atom. The van der Waals surface area contributed by atoms with Gasteiger partial charge in [-0.05, 0) is 27.1 Å². The quantitative estimate of drug-likeness (QED) is 0.653. The first kappa shape index (κ1) is 14.7. The van der Waals surface area contributed by atoms with Crippen molar-refractivity contribution >= 4 is 11.5 Å². The van der Waals surface area contributed by atoms with Gasteiger partial charge in [0.25, 0.3) is 0 Å². The molecular weight excluding hydrogens is 258 g/mol. The fraction of sp³-hybridized carbons (Fsp3) is 0.615. The first-order valence-corrected chi connectivity index (χ1v) is 6.71. The summed E-state index contributed by atoms with van der Waals surface area (Å²) in [7, 11) is 4.17. The molecule has 7 heteroatoms. The number of anilines is 1. The normalized spacial score (nSPS) is 20.9. The predicted molar refractivity (Wildman–Crippen MR) is 78.0 cm³/mol. The Hall–Kier alpha value is -1.73. The molecule has 0 aliphatic carbocycles. The molecule has 1 aromatic heterocycles. The van der Waals surface area contributed by atoms with Crippen molar-refractivity contribution in [3.05, 3.63) is 27.9 Å². The molecule has 1 aliphatic heterocycles. The van der Waals surface area contributed by atoms with Crippen LogP contribution >= 0.6 is 0 Å². The van der Waals surface area contributed by atoms with Crippen LogP contribution in [0.1, 0.15) is 5.56 Å². The van der Waals surface area contributed by atoms with Gasteiger partial charge in [-0.1, -0.05) is 0 Å². The molecule has 1 atom stereocenters.